The maximum Gasteiger partial charge on any atom is 0.166 e. The minimum absolute atomic E-state index is 0.300. The van der Waals surface area contributed by atoms with Crippen molar-refractivity contribution in [2.24, 2.45) is 5.92 Å². The maximum atomic E-state index is 14.5. The molecule has 1 nitrogen and oxygen atoms in total. The fourth-order valence-corrected chi connectivity index (χ4v) is 4.42. The molecule has 31 heavy (non-hydrogen) atoms. The van der Waals surface area contributed by atoms with E-state index in [0.29, 0.717) is 41.7 Å². The van der Waals surface area contributed by atoms with Gasteiger partial charge in [-0.1, -0.05) is 50.1 Å². The van der Waals surface area contributed by atoms with Crippen LogP contribution in [-0.4, -0.2) is 6.61 Å². The Bertz CT molecular complexity index is 882. The van der Waals surface area contributed by atoms with Crippen LogP contribution in [-0.2, 0) is 6.42 Å². The van der Waals surface area contributed by atoms with Gasteiger partial charge in [0.1, 0.15) is 0 Å². The summed E-state index contributed by atoms with van der Waals surface area (Å²) >= 11 is 0. The summed E-state index contributed by atoms with van der Waals surface area (Å²) in [6, 6.07) is 8.65. The lowest BCUT2D eigenvalue weighted by Gasteiger charge is -2.27. The third-order valence-electron chi connectivity index (χ3n) is 6.29. The molecule has 1 fully saturated rings. The second kappa shape index (κ2) is 11.4. The smallest absolute Gasteiger partial charge is 0.166 e. The standard InChI is InChI=1S/C27H33F3O/c1-3-5-6-7-21-14-15-22(27(30)26(21)29)13-10-19-8-11-20(12-9-19)23-16-17-25(31-4-2)24(28)18-23/h10,13-20H,3-9,11-12H2,1-2H3/b13-10+. The summed E-state index contributed by atoms with van der Waals surface area (Å²) in [5, 5.41) is 0. The third-order valence-corrected chi connectivity index (χ3v) is 6.29. The Kier molecular flexibility index (Phi) is 8.62. The summed E-state index contributed by atoms with van der Waals surface area (Å²) < 4.78 is 48.3. The van der Waals surface area contributed by atoms with Gasteiger partial charge >= 0.3 is 0 Å². The van der Waals surface area contributed by atoms with Crippen molar-refractivity contribution in [1.29, 1.82) is 0 Å². The van der Waals surface area contributed by atoms with E-state index in [0.717, 1.165) is 50.5 Å². The van der Waals surface area contributed by atoms with Crippen LogP contribution >= 0.6 is 0 Å². The van der Waals surface area contributed by atoms with Gasteiger partial charge in [0.05, 0.1) is 6.61 Å². The van der Waals surface area contributed by atoms with Crippen LogP contribution in [0.2, 0.25) is 0 Å². The highest BCUT2D eigenvalue weighted by Gasteiger charge is 2.22. The molecule has 4 heteroatoms. The lowest BCUT2D eigenvalue weighted by Crippen LogP contribution is -2.12. The number of ether oxygens (including phenoxy) is 1. The number of benzene rings is 2. The topological polar surface area (TPSA) is 9.23 Å². The van der Waals surface area contributed by atoms with E-state index in [2.05, 4.69) is 6.92 Å². The third kappa shape index (κ3) is 6.15. The van der Waals surface area contributed by atoms with Crippen LogP contribution in [0.15, 0.2) is 36.4 Å². The normalized spacial score (nSPS) is 19.1. The summed E-state index contributed by atoms with van der Waals surface area (Å²) in [6.07, 6.45) is 11.1. The van der Waals surface area contributed by atoms with Crippen LogP contribution < -0.4 is 4.74 Å². The average Bonchev–Trinajstić information content (AvgIpc) is 2.78. The van der Waals surface area contributed by atoms with Crippen LogP contribution in [0.1, 0.15) is 81.4 Å². The molecule has 0 spiro atoms. The van der Waals surface area contributed by atoms with E-state index in [1.54, 1.807) is 30.3 Å². The van der Waals surface area contributed by atoms with Crippen molar-refractivity contribution in [2.45, 2.75) is 71.1 Å². The Labute approximate surface area is 184 Å². The SMILES string of the molecule is CCCCCc1ccc(/C=C/C2CCC(c3ccc(OCC)c(F)c3)CC2)c(F)c1F. The molecular formula is C27H33F3O. The zero-order valence-corrected chi connectivity index (χ0v) is 18.6. The Morgan fingerprint density at radius 1 is 0.935 bits per heavy atom. The van der Waals surface area contributed by atoms with Crippen molar-refractivity contribution in [3.63, 3.8) is 0 Å². The summed E-state index contributed by atoms with van der Waals surface area (Å²) in [7, 11) is 0. The van der Waals surface area contributed by atoms with E-state index in [-0.39, 0.29) is 5.82 Å². The molecule has 0 aliphatic heterocycles. The number of halogens is 3. The van der Waals surface area contributed by atoms with Crippen LogP contribution in [0.4, 0.5) is 13.2 Å². The molecule has 0 aromatic heterocycles. The Hall–Kier alpha value is -2.23. The summed E-state index contributed by atoms with van der Waals surface area (Å²) in [5.74, 6) is -0.810. The van der Waals surface area contributed by atoms with E-state index in [1.807, 2.05) is 19.1 Å². The highest BCUT2D eigenvalue weighted by atomic mass is 19.2. The predicted molar refractivity (Wildman–Crippen MR) is 121 cm³/mol. The summed E-state index contributed by atoms with van der Waals surface area (Å²) in [6.45, 7) is 4.37. The van der Waals surface area contributed by atoms with Crippen LogP contribution in [0.5, 0.6) is 5.75 Å². The van der Waals surface area contributed by atoms with Crippen molar-refractivity contribution in [1.82, 2.24) is 0 Å². The number of hydrogen-bond acceptors (Lipinski definition) is 1. The number of aryl methyl sites for hydroxylation is 1. The first-order chi connectivity index (χ1) is 15.0. The Balaban J connectivity index is 1.57. The van der Waals surface area contributed by atoms with E-state index in [9.17, 15) is 13.2 Å². The monoisotopic (exact) mass is 430 g/mol. The predicted octanol–water partition coefficient (Wildman–Crippen LogP) is 8.22. The molecule has 1 aliphatic carbocycles. The van der Waals surface area contributed by atoms with E-state index < -0.39 is 11.6 Å². The van der Waals surface area contributed by atoms with Crippen LogP contribution in [0, 0.1) is 23.4 Å². The van der Waals surface area contributed by atoms with Gasteiger partial charge in [0, 0.05) is 5.56 Å². The minimum Gasteiger partial charge on any atom is -0.491 e. The molecule has 0 heterocycles. The molecule has 0 radical (unpaired) electrons. The van der Waals surface area contributed by atoms with Gasteiger partial charge in [-0.3, -0.25) is 0 Å². The van der Waals surface area contributed by atoms with Gasteiger partial charge in [-0.2, -0.15) is 0 Å². The molecule has 168 valence electrons. The number of hydrogen-bond donors (Lipinski definition) is 0. The van der Waals surface area contributed by atoms with Gasteiger partial charge in [-0.15, -0.1) is 0 Å². The number of allylic oxidation sites excluding steroid dienone is 1. The van der Waals surface area contributed by atoms with Gasteiger partial charge < -0.3 is 4.74 Å². The molecule has 0 bridgehead atoms. The second-order valence-electron chi connectivity index (χ2n) is 8.49. The van der Waals surface area contributed by atoms with Crippen LogP contribution in [0.3, 0.4) is 0 Å². The van der Waals surface area contributed by atoms with Crippen molar-refractivity contribution in [3.8, 4) is 5.75 Å². The Morgan fingerprint density at radius 2 is 1.71 bits per heavy atom. The summed E-state index contributed by atoms with van der Waals surface area (Å²) in [4.78, 5) is 0. The van der Waals surface area contributed by atoms with Gasteiger partial charge in [0.15, 0.2) is 23.2 Å². The zero-order chi connectivity index (χ0) is 22.2. The first-order valence-electron chi connectivity index (χ1n) is 11.6. The number of rotatable bonds is 9. The molecule has 0 N–H and O–H groups in total. The van der Waals surface area contributed by atoms with E-state index in [4.69, 9.17) is 4.74 Å². The largest absolute Gasteiger partial charge is 0.491 e. The lowest BCUT2D eigenvalue weighted by atomic mass is 9.78. The fraction of sp³-hybridized carbons (Fsp3) is 0.481. The van der Waals surface area contributed by atoms with Crippen molar-refractivity contribution < 1.29 is 17.9 Å². The Morgan fingerprint density at radius 3 is 2.39 bits per heavy atom. The van der Waals surface area contributed by atoms with E-state index >= 15 is 0 Å². The van der Waals surface area contributed by atoms with Gasteiger partial charge in [-0.25, -0.2) is 13.2 Å². The first-order valence-corrected chi connectivity index (χ1v) is 11.6. The maximum absolute atomic E-state index is 14.5. The lowest BCUT2D eigenvalue weighted by molar-refractivity contribution is 0.320. The highest BCUT2D eigenvalue weighted by molar-refractivity contribution is 5.51. The molecule has 0 unspecified atom stereocenters. The molecule has 2 aromatic rings. The molecular weight excluding hydrogens is 397 g/mol. The van der Waals surface area contributed by atoms with E-state index in [1.165, 1.54) is 0 Å². The molecule has 0 amide bonds. The molecule has 1 aliphatic rings. The molecule has 3 rings (SSSR count). The van der Waals surface area contributed by atoms with Crippen molar-refractivity contribution in [3.05, 3.63) is 70.5 Å². The molecule has 2 aromatic carbocycles. The number of unbranched alkanes of at least 4 members (excludes halogenated alkanes) is 2. The molecule has 0 atom stereocenters. The summed E-state index contributed by atoms with van der Waals surface area (Å²) in [5.41, 5.74) is 1.79. The highest BCUT2D eigenvalue weighted by Crippen LogP contribution is 2.37. The molecule has 0 saturated heterocycles. The van der Waals surface area contributed by atoms with Crippen LogP contribution in [0.25, 0.3) is 6.08 Å². The average molecular weight is 431 g/mol. The van der Waals surface area contributed by atoms with Gasteiger partial charge in [0.25, 0.3) is 0 Å². The quantitative estimate of drug-likeness (QED) is 0.364. The fourth-order valence-electron chi connectivity index (χ4n) is 4.42. The van der Waals surface area contributed by atoms with Gasteiger partial charge in [0.2, 0.25) is 0 Å². The van der Waals surface area contributed by atoms with Crippen molar-refractivity contribution in [2.75, 3.05) is 6.61 Å². The second-order valence-corrected chi connectivity index (χ2v) is 8.49. The molecule has 1 saturated carbocycles. The van der Waals surface area contributed by atoms with Crippen molar-refractivity contribution >= 4 is 6.08 Å². The van der Waals surface area contributed by atoms with Gasteiger partial charge in [-0.05, 0) is 80.5 Å². The first kappa shape index (κ1) is 23.4. The minimum atomic E-state index is -0.746. The zero-order valence-electron chi connectivity index (χ0n) is 18.6.